The van der Waals surface area contributed by atoms with E-state index in [-0.39, 0.29) is 31.1 Å². The first-order valence-electron chi connectivity index (χ1n) is 11.4. The molecule has 0 aromatic heterocycles. The van der Waals surface area contributed by atoms with Crippen molar-refractivity contribution in [3.63, 3.8) is 0 Å². The Bertz CT molecular complexity index is 913. The van der Waals surface area contributed by atoms with E-state index in [4.69, 9.17) is 9.47 Å². The third-order valence-corrected chi connectivity index (χ3v) is 6.48. The van der Waals surface area contributed by atoms with Gasteiger partial charge in [-0.2, -0.15) is 0 Å². The van der Waals surface area contributed by atoms with E-state index in [0.29, 0.717) is 10.9 Å². The van der Waals surface area contributed by atoms with Gasteiger partial charge in [-0.1, -0.05) is 37.3 Å². The molecule has 0 saturated carbocycles. The summed E-state index contributed by atoms with van der Waals surface area (Å²) in [7, 11) is 1.64. The Labute approximate surface area is 191 Å². The van der Waals surface area contributed by atoms with Gasteiger partial charge in [0.1, 0.15) is 12.4 Å². The number of anilines is 1. The topological polar surface area (TPSA) is 64.6 Å². The van der Waals surface area contributed by atoms with E-state index in [1.54, 1.807) is 7.11 Å². The number of hydrogen-bond acceptors (Lipinski definition) is 4. The molecule has 2 aromatic carbocycles. The van der Waals surface area contributed by atoms with Crippen molar-refractivity contribution in [3.05, 3.63) is 59.2 Å². The molecule has 1 heterocycles. The van der Waals surface area contributed by atoms with Gasteiger partial charge in [-0.25, -0.2) is 4.79 Å². The van der Waals surface area contributed by atoms with Gasteiger partial charge in [-0.05, 0) is 42.7 Å². The van der Waals surface area contributed by atoms with E-state index in [1.165, 1.54) is 0 Å². The first kappa shape index (κ1) is 23.8. The molecule has 1 amide bonds. The molecule has 1 saturated heterocycles. The van der Waals surface area contributed by atoms with Crippen LogP contribution in [0, 0.1) is 13.8 Å². The fraction of sp³-hybridized carbons (Fsp3) is 0.462. The molecule has 172 valence electrons. The molecule has 1 N–H and O–H groups in total. The molecule has 3 rings (SSSR count). The standard InChI is InChI=1S/C26H34N2O4/c1-5-23(26(30)27-25-19(2)15-22(31-4)16-20(25)3)28(13-9-10-14-28)17-24(29)32-18-21-11-7-6-8-12-21/h6-8,11-12,15-16,23H,5,9-10,13-14,17-18H2,1-4H3/p+1. The Morgan fingerprint density at radius 1 is 1.06 bits per heavy atom. The van der Waals surface area contributed by atoms with Crippen LogP contribution in [0.2, 0.25) is 0 Å². The van der Waals surface area contributed by atoms with E-state index >= 15 is 0 Å². The molecule has 0 bridgehead atoms. The average molecular weight is 440 g/mol. The molecule has 0 radical (unpaired) electrons. The summed E-state index contributed by atoms with van der Waals surface area (Å²) >= 11 is 0. The predicted octanol–water partition coefficient (Wildman–Crippen LogP) is 4.38. The van der Waals surface area contributed by atoms with Crippen molar-refractivity contribution in [3.8, 4) is 5.75 Å². The van der Waals surface area contributed by atoms with Gasteiger partial charge in [0.05, 0.1) is 20.2 Å². The highest BCUT2D eigenvalue weighted by molar-refractivity contribution is 5.95. The summed E-state index contributed by atoms with van der Waals surface area (Å²) in [5.41, 5.74) is 3.70. The number of nitrogens with one attached hydrogen (secondary N) is 1. The van der Waals surface area contributed by atoms with Crippen LogP contribution in [0.25, 0.3) is 0 Å². The molecule has 2 aromatic rings. The molecule has 1 unspecified atom stereocenters. The molecule has 6 heteroatoms. The third-order valence-electron chi connectivity index (χ3n) is 6.48. The van der Waals surface area contributed by atoms with Crippen molar-refractivity contribution in [2.45, 2.75) is 52.7 Å². The zero-order valence-electron chi connectivity index (χ0n) is 19.6. The summed E-state index contributed by atoms with van der Waals surface area (Å²) in [5, 5.41) is 3.15. The fourth-order valence-corrected chi connectivity index (χ4v) is 4.85. The lowest BCUT2D eigenvalue weighted by Gasteiger charge is -2.39. The summed E-state index contributed by atoms with van der Waals surface area (Å²) in [6.07, 6.45) is 2.68. The lowest BCUT2D eigenvalue weighted by atomic mass is 10.1. The number of hydrogen-bond donors (Lipinski definition) is 1. The minimum absolute atomic E-state index is 0.0402. The molecule has 1 fully saturated rings. The Morgan fingerprint density at radius 2 is 1.69 bits per heavy atom. The first-order valence-corrected chi connectivity index (χ1v) is 11.4. The lowest BCUT2D eigenvalue weighted by molar-refractivity contribution is -0.924. The lowest BCUT2D eigenvalue weighted by Crippen LogP contribution is -2.60. The van der Waals surface area contributed by atoms with Gasteiger partial charge in [0.2, 0.25) is 0 Å². The second-order valence-corrected chi connectivity index (χ2v) is 8.73. The van der Waals surface area contributed by atoms with Crippen LogP contribution in [0.3, 0.4) is 0 Å². The van der Waals surface area contributed by atoms with Gasteiger partial charge in [-0.15, -0.1) is 0 Å². The molecule has 1 atom stereocenters. The summed E-state index contributed by atoms with van der Waals surface area (Å²) in [6, 6.07) is 13.2. The van der Waals surface area contributed by atoms with Crippen LogP contribution < -0.4 is 10.1 Å². The van der Waals surface area contributed by atoms with Crippen LogP contribution in [0.15, 0.2) is 42.5 Å². The zero-order valence-corrected chi connectivity index (χ0v) is 19.6. The minimum Gasteiger partial charge on any atom is -0.497 e. The second kappa shape index (κ2) is 10.6. The molecule has 0 spiro atoms. The SMILES string of the molecule is CCC(C(=O)Nc1c(C)cc(OC)cc1C)[N+]1(CC(=O)OCc2ccccc2)CCCC1. The zero-order chi connectivity index (χ0) is 23.1. The Kier molecular flexibility index (Phi) is 7.91. The van der Waals surface area contributed by atoms with Crippen LogP contribution in [-0.2, 0) is 20.9 Å². The van der Waals surface area contributed by atoms with Crippen LogP contribution in [0.1, 0.15) is 42.9 Å². The fourth-order valence-electron chi connectivity index (χ4n) is 4.85. The van der Waals surface area contributed by atoms with E-state index in [2.05, 4.69) is 5.32 Å². The smallest absolute Gasteiger partial charge is 0.362 e. The van der Waals surface area contributed by atoms with Gasteiger partial charge in [0, 0.05) is 24.9 Å². The number of nitrogens with zero attached hydrogens (tertiary/aromatic N) is 1. The van der Waals surface area contributed by atoms with Crippen LogP contribution in [0.4, 0.5) is 5.69 Å². The highest BCUT2D eigenvalue weighted by atomic mass is 16.5. The summed E-state index contributed by atoms with van der Waals surface area (Å²) in [6.45, 7) is 8.05. The summed E-state index contributed by atoms with van der Waals surface area (Å²) in [4.78, 5) is 26.2. The van der Waals surface area contributed by atoms with Gasteiger partial charge >= 0.3 is 5.97 Å². The van der Waals surface area contributed by atoms with Crippen molar-refractivity contribution in [1.29, 1.82) is 0 Å². The number of amides is 1. The molecule has 1 aliphatic rings. The maximum Gasteiger partial charge on any atom is 0.362 e. The number of benzene rings is 2. The Morgan fingerprint density at radius 3 is 2.25 bits per heavy atom. The molecule has 6 nitrogen and oxygen atoms in total. The van der Waals surface area contributed by atoms with Gasteiger partial charge in [-0.3, -0.25) is 4.79 Å². The van der Waals surface area contributed by atoms with Crippen molar-refractivity contribution in [1.82, 2.24) is 0 Å². The number of esters is 1. The van der Waals surface area contributed by atoms with Gasteiger partial charge < -0.3 is 19.3 Å². The van der Waals surface area contributed by atoms with Crippen LogP contribution in [0.5, 0.6) is 5.75 Å². The molecular weight excluding hydrogens is 404 g/mol. The molecular formula is C26H35N2O4+. The quantitative estimate of drug-likeness (QED) is 0.465. The normalized spacial score (nSPS) is 15.8. The number of quaternary nitrogens is 1. The van der Waals surface area contributed by atoms with E-state index in [1.807, 2.05) is 63.2 Å². The van der Waals surface area contributed by atoms with Crippen molar-refractivity contribution in [2.75, 3.05) is 32.1 Å². The number of likely N-dealkylation sites (tertiary alicyclic amines) is 1. The van der Waals surface area contributed by atoms with E-state index in [9.17, 15) is 9.59 Å². The molecule has 0 aliphatic carbocycles. The summed E-state index contributed by atoms with van der Waals surface area (Å²) in [5.74, 6) is 0.481. The van der Waals surface area contributed by atoms with Crippen molar-refractivity contribution >= 4 is 17.6 Å². The third kappa shape index (κ3) is 5.49. The van der Waals surface area contributed by atoms with Gasteiger partial charge in [0.25, 0.3) is 5.91 Å². The van der Waals surface area contributed by atoms with Crippen LogP contribution in [-0.4, -0.2) is 49.1 Å². The largest absolute Gasteiger partial charge is 0.497 e. The van der Waals surface area contributed by atoms with Crippen LogP contribution >= 0.6 is 0 Å². The average Bonchev–Trinajstić information content (AvgIpc) is 3.24. The second-order valence-electron chi connectivity index (χ2n) is 8.73. The maximum absolute atomic E-state index is 13.4. The number of ether oxygens (including phenoxy) is 2. The number of carbonyl (C=O) groups excluding carboxylic acids is 2. The van der Waals surface area contributed by atoms with Crippen molar-refractivity contribution < 1.29 is 23.5 Å². The highest BCUT2D eigenvalue weighted by Gasteiger charge is 2.45. The highest BCUT2D eigenvalue weighted by Crippen LogP contribution is 2.30. The van der Waals surface area contributed by atoms with E-state index in [0.717, 1.165) is 54.1 Å². The van der Waals surface area contributed by atoms with Crippen molar-refractivity contribution in [2.24, 2.45) is 0 Å². The Hall–Kier alpha value is -2.86. The predicted molar refractivity (Wildman–Crippen MR) is 126 cm³/mol. The molecule has 1 aliphatic heterocycles. The number of rotatable bonds is 9. The monoisotopic (exact) mass is 439 g/mol. The number of carbonyl (C=O) groups is 2. The Balaban J connectivity index is 1.73. The first-order chi connectivity index (χ1) is 15.4. The molecule has 32 heavy (non-hydrogen) atoms. The van der Waals surface area contributed by atoms with Gasteiger partial charge in [0.15, 0.2) is 12.6 Å². The number of aryl methyl sites for hydroxylation is 2. The maximum atomic E-state index is 13.4. The van der Waals surface area contributed by atoms with E-state index < -0.39 is 0 Å². The minimum atomic E-state index is -0.303. The number of methoxy groups -OCH3 is 1. The summed E-state index contributed by atoms with van der Waals surface area (Å²) < 4.78 is 11.4.